The fraction of sp³-hybridized carbons (Fsp3) is 0.542. The first-order chi connectivity index (χ1) is 16.1. The van der Waals surface area contributed by atoms with Crippen LogP contribution >= 0.6 is 0 Å². The third-order valence-electron chi connectivity index (χ3n) is 6.25. The molecule has 0 unspecified atom stereocenters. The van der Waals surface area contributed by atoms with Gasteiger partial charge in [-0.25, -0.2) is 4.98 Å². The molecule has 0 bridgehead atoms. The molecule has 0 aliphatic carbocycles. The number of ether oxygens (including phenoxy) is 2. The van der Waals surface area contributed by atoms with Gasteiger partial charge >= 0.3 is 0 Å². The first-order valence-electron chi connectivity index (χ1n) is 11.7. The van der Waals surface area contributed by atoms with Crippen LogP contribution in [0.25, 0.3) is 0 Å². The molecule has 33 heavy (non-hydrogen) atoms. The maximum Gasteiger partial charge on any atom is 0.255 e. The van der Waals surface area contributed by atoms with Gasteiger partial charge < -0.3 is 19.3 Å². The van der Waals surface area contributed by atoms with E-state index in [1.165, 1.54) is 0 Å². The molecule has 4 rings (SSSR count). The molecule has 2 aliphatic rings. The number of para-hydroxylation sites is 1. The lowest BCUT2D eigenvalue weighted by molar-refractivity contribution is -0.132. The Morgan fingerprint density at radius 2 is 1.82 bits per heavy atom. The van der Waals surface area contributed by atoms with Crippen LogP contribution in [0.2, 0.25) is 0 Å². The normalized spacial score (nSPS) is 17.2. The van der Waals surface area contributed by atoms with Crippen molar-refractivity contribution >= 4 is 11.9 Å². The van der Waals surface area contributed by atoms with Gasteiger partial charge in [0.05, 0.1) is 13.2 Å². The molecule has 9 heteroatoms. The van der Waals surface area contributed by atoms with Crippen LogP contribution in [-0.2, 0) is 16.0 Å². The second-order valence-electron chi connectivity index (χ2n) is 8.44. The maximum absolute atomic E-state index is 12.7. The summed E-state index contributed by atoms with van der Waals surface area (Å²) in [6, 6.07) is 9.80. The lowest BCUT2D eigenvalue weighted by Gasteiger charge is -2.34. The first-order valence-corrected chi connectivity index (χ1v) is 11.7. The van der Waals surface area contributed by atoms with Crippen molar-refractivity contribution in [1.29, 1.82) is 0 Å². The number of anilines is 1. The van der Waals surface area contributed by atoms with E-state index in [0.29, 0.717) is 76.0 Å². The number of hydrogen-bond acceptors (Lipinski definition) is 7. The molecular weight excluding hydrogens is 422 g/mol. The van der Waals surface area contributed by atoms with Gasteiger partial charge in [0.25, 0.3) is 5.56 Å². The third-order valence-corrected chi connectivity index (χ3v) is 6.25. The molecule has 0 radical (unpaired) electrons. The van der Waals surface area contributed by atoms with E-state index in [-0.39, 0.29) is 11.5 Å². The van der Waals surface area contributed by atoms with Crippen molar-refractivity contribution in [1.82, 2.24) is 19.8 Å². The highest BCUT2D eigenvalue weighted by Gasteiger charge is 2.22. The Morgan fingerprint density at radius 3 is 2.52 bits per heavy atom. The van der Waals surface area contributed by atoms with Crippen molar-refractivity contribution < 1.29 is 14.3 Å². The molecule has 1 aromatic heterocycles. The van der Waals surface area contributed by atoms with Crippen molar-refractivity contribution in [2.24, 2.45) is 0 Å². The van der Waals surface area contributed by atoms with E-state index in [1.54, 1.807) is 0 Å². The van der Waals surface area contributed by atoms with E-state index in [2.05, 4.69) is 14.9 Å². The van der Waals surface area contributed by atoms with Crippen LogP contribution in [0.15, 0.2) is 35.1 Å². The molecule has 9 nitrogen and oxygen atoms in total. The number of nitrogens with one attached hydrogen (secondary N) is 1. The molecule has 1 N–H and O–H groups in total. The molecule has 3 heterocycles. The van der Waals surface area contributed by atoms with E-state index < -0.39 is 0 Å². The minimum atomic E-state index is -0.153. The van der Waals surface area contributed by atoms with Crippen molar-refractivity contribution in [3.8, 4) is 5.75 Å². The number of aromatic amines is 1. The molecule has 2 fully saturated rings. The third kappa shape index (κ3) is 6.33. The molecule has 0 spiro atoms. The summed E-state index contributed by atoms with van der Waals surface area (Å²) >= 11 is 0. The number of rotatable bonds is 8. The molecule has 1 amide bonds. The van der Waals surface area contributed by atoms with Crippen LogP contribution in [0.3, 0.4) is 0 Å². The predicted octanol–water partition coefficient (Wildman–Crippen LogP) is 1.07. The summed E-state index contributed by atoms with van der Waals surface area (Å²) in [7, 11) is 0. The Morgan fingerprint density at radius 1 is 1.09 bits per heavy atom. The molecule has 2 aromatic rings. The average Bonchev–Trinajstić information content (AvgIpc) is 2.85. The Hall–Kier alpha value is -2.91. The largest absolute Gasteiger partial charge is 0.492 e. The Balaban J connectivity index is 1.21. The number of nitrogens with zero attached hydrogens (tertiary/aromatic N) is 4. The molecule has 178 valence electrons. The smallest absolute Gasteiger partial charge is 0.255 e. The number of amides is 1. The second kappa shape index (κ2) is 11.3. The number of hydrogen-bond donors (Lipinski definition) is 1. The van der Waals surface area contributed by atoms with E-state index in [1.807, 2.05) is 47.1 Å². The SMILES string of the molecule is Cc1nc(N2CCOCC2)[nH]c(=O)c1CCC(=O)N1CCN(CCOc2ccccc2)CC1. The number of H-pyrrole nitrogens is 1. The average molecular weight is 456 g/mol. The van der Waals surface area contributed by atoms with E-state index in [0.717, 1.165) is 25.4 Å². The number of benzene rings is 1. The van der Waals surface area contributed by atoms with E-state index in [4.69, 9.17) is 9.47 Å². The summed E-state index contributed by atoms with van der Waals surface area (Å²) in [6.45, 7) is 9.07. The van der Waals surface area contributed by atoms with Crippen molar-refractivity contribution in [2.45, 2.75) is 19.8 Å². The zero-order valence-corrected chi connectivity index (χ0v) is 19.3. The maximum atomic E-state index is 12.7. The molecular formula is C24H33N5O4. The van der Waals surface area contributed by atoms with Crippen LogP contribution in [0.5, 0.6) is 5.75 Å². The van der Waals surface area contributed by atoms with Gasteiger partial charge in [-0.15, -0.1) is 0 Å². The van der Waals surface area contributed by atoms with Crippen LogP contribution in [0, 0.1) is 6.92 Å². The Labute approximate surface area is 194 Å². The van der Waals surface area contributed by atoms with Gasteiger partial charge in [0.1, 0.15) is 12.4 Å². The summed E-state index contributed by atoms with van der Waals surface area (Å²) in [5.74, 6) is 1.55. The number of aryl methyl sites for hydroxylation is 1. The van der Waals surface area contributed by atoms with Crippen LogP contribution in [0.1, 0.15) is 17.7 Å². The number of aromatic nitrogens is 2. The van der Waals surface area contributed by atoms with E-state index in [9.17, 15) is 9.59 Å². The predicted molar refractivity (Wildman–Crippen MR) is 126 cm³/mol. The van der Waals surface area contributed by atoms with Gasteiger partial charge in [-0.1, -0.05) is 18.2 Å². The number of carbonyl (C=O) groups is 1. The molecule has 0 atom stereocenters. The van der Waals surface area contributed by atoms with Crippen molar-refractivity contribution in [3.05, 3.63) is 51.9 Å². The fourth-order valence-electron chi connectivity index (χ4n) is 4.24. The number of morpholine rings is 1. The highest BCUT2D eigenvalue weighted by molar-refractivity contribution is 5.76. The fourth-order valence-corrected chi connectivity index (χ4v) is 4.24. The molecule has 2 aliphatic heterocycles. The standard InChI is InChI=1S/C24H33N5O4/c1-19-21(23(31)26-24(25-19)29-14-16-32-17-15-29)7-8-22(30)28-11-9-27(10-12-28)13-18-33-20-5-3-2-4-6-20/h2-6H,7-18H2,1H3,(H,25,26,31). The van der Waals surface area contributed by atoms with Gasteiger partial charge in [0.15, 0.2) is 0 Å². The van der Waals surface area contributed by atoms with Gasteiger partial charge in [0.2, 0.25) is 11.9 Å². The minimum Gasteiger partial charge on any atom is -0.492 e. The van der Waals surface area contributed by atoms with Gasteiger partial charge in [0, 0.05) is 63.5 Å². The van der Waals surface area contributed by atoms with Crippen LogP contribution in [0.4, 0.5) is 5.95 Å². The lowest BCUT2D eigenvalue weighted by Crippen LogP contribution is -2.49. The zero-order chi connectivity index (χ0) is 23.0. The summed E-state index contributed by atoms with van der Waals surface area (Å²) < 4.78 is 11.1. The highest BCUT2D eigenvalue weighted by atomic mass is 16.5. The van der Waals surface area contributed by atoms with Crippen LogP contribution in [-0.4, -0.2) is 91.3 Å². The quantitative estimate of drug-likeness (QED) is 0.637. The van der Waals surface area contributed by atoms with Crippen molar-refractivity contribution in [2.75, 3.05) is 70.5 Å². The first kappa shape index (κ1) is 23.3. The topological polar surface area (TPSA) is 91.0 Å². The molecule has 2 saturated heterocycles. The summed E-state index contributed by atoms with van der Waals surface area (Å²) in [6.07, 6.45) is 0.723. The monoisotopic (exact) mass is 455 g/mol. The molecule has 0 saturated carbocycles. The van der Waals surface area contributed by atoms with E-state index >= 15 is 0 Å². The Kier molecular flexibility index (Phi) is 7.96. The van der Waals surface area contributed by atoms with Gasteiger partial charge in [-0.3, -0.25) is 19.5 Å². The summed E-state index contributed by atoms with van der Waals surface area (Å²) in [4.78, 5) is 39.1. The van der Waals surface area contributed by atoms with Crippen LogP contribution < -0.4 is 15.2 Å². The van der Waals surface area contributed by atoms with Crippen molar-refractivity contribution in [3.63, 3.8) is 0 Å². The second-order valence-corrected chi connectivity index (χ2v) is 8.44. The summed E-state index contributed by atoms with van der Waals surface area (Å²) in [5, 5.41) is 0. The van der Waals surface area contributed by atoms with Gasteiger partial charge in [-0.05, 0) is 25.5 Å². The highest BCUT2D eigenvalue weighted by Crippen LogP contribution is 2.13. The number of carbonyl (C=O) groups excluding carboxylic acids is 1. The minimum absolute atomic E-state index is 0.0891. The zero-order valence-electron chi connectivity index (χ0n) is 19.3. The van der Waals surface area contributed by atoms with Gasteiger partial charge in [-0.2, -0.15) is 0 Å². The molecule has 1 aromatic carbocycles. The number of piperazine rings is 1. The summed E-state index contributed by atoms with van der Waals surface area (Å²) in [5.41, 5.74) is 1.13. The Bertz CT molecular complexity index is 967. The lowest BCUT2D eigenvalue weighted by atomic mass is 10.1.